The summed E-state index contributed by atoms with van der Waals surface area (Å²) in [6, 6.07) is 8.43. The summed E-state index contributed by atoms with van der Waals surface area (Å²) in [4.78, 5) is 26.3. The first-order valence-electron chi connectivity index (χ1n) is 9.72. The number of aliphatic hydroxyl groups is 1. The van der Waals surface area contributed by atoms with Gasteiger partial charge in [0.2, 0.25) is 0 Å². The minimum atomic E-state index is -1.44. The Morgan fingerprint density at radius 2 is 1.91 bits per heavy atom. The maximum absolute atomic E-state index is 15.0. The van der Waals surface area contributed by atoms with Crippen molar-refractivity contribution in [2.75, 3.05) is 18.5 Å². The molecule has 3 aromatic rings. The third kappa shape index (κ3) is 6.65. The third-order valence-corrected chi connectivity index (χ3v) is 4.95. The van der Waals surface area contributed by atoms with Crippen LogP contribution in [0.3, 0.4) is 0 Å². The molecule has 34 heavy (non-hydrogen) atoms. The van der Waals surface area contributed by atoms with Gasteiger partial charge in [0, 0.05) is 21.5 Å². The lowest BCUT2D eigenvalue weighted by Crippen LogP contribution is -2.26. The number of amides is 1. The van der Waals surface area contributed by atoms with Gasteiger partial charge in [-0.3, -0.25) is 14.6 Å². The second-order valence-electron chi connectivity index (χ2n) is 6.63. The number of hydroxylamine groups is 1. The number of nitrogens with one attached hydrogen (secondary N) is 2. The van der Waals surface area contributed by atoms with E-state index in [1.54, 1.807) is 30.6 Å². The number of aromatic nitrogens is 1. The predicted molar refractivity (Wildman–Crippen MR) is 126 cm³/mol. The summed E-state index contributed by atoms with van der Waals surface area (Å²) in [6.45, 7) is -0.567. The van der Waals surface area contributed by atoms with Crippen LogP contribution in [-0.4, -0.2) is 35.4 Å². The molecule has 1 heterocycles. The zero-order valence-electron chi connectivity index (χ0n) is 17.4. The van der Waals surface area contributed by atoms with E-state index in [-0.39, 0.29) is 25.5 Å². The normalized spacial score (nSPS) is 11.0. The van der Waals surface area contributed by atoms with Gasteiger partial charge in [0.15, 0.2) is 11.6 Å². The minimum Gasteiger partial charge on any atom is -0.394 e. The molecule has 12 heteroatoms. The fourth-order valence-electron chi connectivity index (χ4n) is 2.67. The Balaban J connectivity index is 1.91. The van der Waals surface area contributed by atoms with Gasteiger partial charge in [0.1, 0.15) is 12.4 Å². The van der Waals surface area contributed by atoms with Gasteiger partial charge in [-0.1, -0.05) is 5.16 Å². The summed E-state index contributed by atoms with van der Waals surface area (Å²) in [5, 5.41) is 14.9. The summed E-state index contributed by atoms with van der Waals surface area (Å²) < 4.78 is 44.7. The lowest BCUT2D eigenvalue weighted by molar-refractivity contribution is 0.0168. The first kappa shape index (κ1) is 25.4. The highest BCUT2D eigenvalue weighted by Crippen LogP contribution is 2.30. The van der Waals surface area contributed by atoms with Gasteiger partial charge in [0.05, 0.1) is 36.4 Å². The Kier molecular flexibility index (Phi) is 9.18. The van der Waals surface area contributed by atoms with E-state index in [0.717, 1.165) is 17.8 Å². The standard InChI is InChI=1S/C22H18F3IN4O4/c23-17-10-15(26)1-2-18(17)29-21-16(22(32)30-33-8-7-31)9-14(19(24)20(21)25)11-28-34-12-13-3-5-27-6-4-13/h1-6,9-11,29,31H,7-8,12H2,(H,30,32). The van der Waals surface area contributed by atoms with Crippen LogP contribution in [0, 0.1) is 21.0 Å². The van der Waals surface area contributed by atoms with E-state index in [1.165, 1.54) is 12.1 Å². The number of oxime groups is 1. The molecule has 8 nitrogen and oxygen atoms in total. The number of benzene rings is 2. The van der Waals surface area contributed by atoms with Crippen LogP contribution in [0.15, 0.2) is 53.9 Å². The highest BCUT2D eigenvalue weighted by Gasteiger charge is 2.23. The molecule has 0 unspecified atom stereocenters. The van der Waals surface area contributed by atoms with Gasteiger partial charge in [-0.05, 0) is 64.6 Å². The van der Waals surface area contributed by atoms with Crippen molar-refractivity contribution in [2.45, 2.75) is 6.61 Å². The van der Waals surface area contributed by atoms with Crippen LogP contribution in [0.2, 0.25) is 0 Å². The zero-order valence-corrected chi connectivity index (χ0v) is 19.6. The van der Waals surface area contributed by atoms with E-state index in [0.29, 0.717) is 3.57 Å². The molecule has 0 aliphatic carbocycles. The summed E-state index contributed by atoms with van der Waals surface area (Å²) in [5.74, 6) is -4.47. The summed E-state index contributed by atoms with van der Waals surface area (Å²) in [7, 11) is 0. The first-order chi connectivity index (χ1) is 16.4. The van der Waals surface area contributed by atoms with Crippen molar-refractivity contribution in [2.24, 2.45) is 5.16 Å². The Morgan fingerprint density at radius 3 is 2.62 bits per heavy atom. The van der Waals surface area contributed by atoms with E-state index in [4.69, 9.17) is 14.8 Å². The molecule has 0 saturated carbocycles. The SMILES string of the molecule is O=C(NOCCO)c1cc(C=NOCc2ccncc2)c(F)c(F)c1Nc1ccc(I)cc1F. The topological polar surface area (TPSA) is 105 Å². The maximum Gasteiger partial charge on any atom is 0.277 e. The van der Waals surface area contributed by atoms with E-state index >= 15 is 4.39 Å². The molecule has 1 amide bonds. The number of nitrogens with zero attached hydrogens (tertiary/aromatic N) is 2. The minimum absolute atomic E-state index is 0.0528. The molecule has 0 fully saturated rings. The lowest BCUT2D eigenvalue weighted by Gasteiger charge is -2.15. The third-order valence-electron chi connectivity index (χ3n) is 4.28. The number of carbonyl (C=O) groups is 1. The van der Waals surface area contributed by atoms with Crippen LogP contribution in [0.25, 0.3) is 0 Å². The number of aliphatic hydroxyl groups excluding tert-OH is 1. The van der Waals surface area contributed by atoms with Crippen molar-refractivity contribution in [3.63, 3.8) is 0 Å². The van der Waals surface area contributed by atoms with E-state index in [1.807, 2.05) is 28.1 Å². The summed E-state index contributed by atoms with van der Waals surface area (Å²) in [6.07, 6.45) is 4.02. The smallest absolute Gasteiger partial charge is 0.277 e. The summed E-state index contributed by atoms with van der Waals surface area (Å²) in [5.41, 5.74) is 1.18. The van der Waals surface area contributed by atoms with Crippen LogP contribution < -0.4 is 10.8 Å². The van der Waals surface area contributed by atoms with E-state index in [2.05, 4.69) is 15.5 Å². The first-order valence-corrected chi connectivity index (χ1v) is 10.8. The van der Waals surface area contributed by atoms with Crippen molar-refractivity contribution in [1.29, 1.82) is 0 Å². The van der Waals surface area contributed by atoms with Gasteiger partial charge >= 0.3 is 0 Å². The van der Waals surface area contributed by atoms with Crippen molar-refractivity contribution in [3.05, 3.63) is 86.5 Å². The number of carbonyl (C=O) groups excluding carboxylic acids is 1. The number of hydrogen-bond donors (Lipinski definition) is 3. The fourth-order valence-corrected chi connectivity index (χ4v) is 3.12. The van der Waals surface area contributed by atoms with Gasteiger partial charge in [-0.25, -0.2) is 18.7 Å². The number of pyridine rings is 1. The summed E-state index contributed by atoms with van der Waals surface area (Å²) >= 11 is 1.89. The van der Waals surface area contributed by atoms with Crippen LogP contribution in [0.1, 0.15) is 21.5 Å². The monoisotopic (exact) mass is 586 g/mol. The Morgan fingerprint density at radius 1 is 1.15 bits per heavy atom. The Labute approximate surface area is 205 Å². The maximum atomic E-state index is 15.0. The quantitative estimate of drug-likeness (QED) is 0.143. The van der Waals surface area contributed by atoms with Crippen molar-refractivity contribution < 1.29 is 32.7 Å². The molecule has 0 spiro atoms. The Bertz CT molecular complexity index is 1180. The highest BCUT2D eigenvalue weighted by atomic mass is 127. The second-order valence-corrected chi connectivity index (χ2v) is 7.88. The zero-order chi connectivity index (χ0) is 24.5. The molecule has 1 aromatic heterocycles. The molecule has 0 bridgehead atoms. The molecule has 178 valence electrons. The average molecular weight is 586 g/mol. The molecular formula is C22H18F3IN4O4. The van der Waals surface area contributed by atoms with Crippen LogP contribution in [0.4, 0.5) is 24.5 Å². The van der Waals surface area contributed by atoms with Gasteiger partial charge in [-0.2, -0.15) is 0 Å². The largest absolute Gasteiger partial charge is 0.394 e. The highest BCUT2D eigenvalue weighted by molar-refractivity contribution is 14.1. The van der Waals surface area contributed by atoms with Gasteiger partial charge in [-0.15, -0.1) is 0 Å². The number of anilines is 2. The van der Waals surface area contributed by atoms with Crippen molar-refractivity contribution in [1.82, 2.24) is 10.5 Å². The molecule has 2 aromatic carbocycles. The van der Waals surface area contributed by atoms with Gasteiger partial charge < -0.3 is 15.3 Å². The average Bonchev–Trinajstić information content (AvgIpc) is 2.83. The second kappa shape index (κ2) is 12.3. The van der Waals surface area contributed by atoms with Crippen molar-refractivity contribution in [3.8, 4) is 0 Å². The van der Waals surface area contributed by atoms with Gasteiger partial charge in [0.25, 0.3) is 5.91 Å². The van der Waals surface area contributed by atoms with Crippen LogP contribution in [0.5, 0.6) is 0 Å². The molecular weight excluding hydrogens is 568 g/mol. The number of rotatable bonds is 10. The molecule has 3 N–H and O–H groups in total. The number of halogens is 4. The molecule has 0 radical (unpaired) electrons. The van der Waals surface area contributed by atoms with Crippen LogP contribution >= 0.6 is 22.6 Å². The molecule has 0 atom stereocenters. The lowest BCUT2D eigenvalue weighted by atomic mass is 10.1. The molecule has 3 rings (SSSR count). The van der Waals surface area contributed by atoms with Crippen LogP contribution in [-0.2, 0) is 16.3 Å². The number of hydrogen-bond acceptors (Lipinski definition) is 7. The molecule has 0 saturated heterocycles. The van der Waals surface area contributed by atoms with E-state index in [9.17, 15) is 13.6 Å². The van der Waals surface area contributed by atoms with Crippen molar-refractivity contribution >= 4 is 46.1 Å². The fraction of sp³-hybridized carbons (Fsp3) is 0.136. The molecule has 0 aliphatic heterocycles. The Hall–Kier alpha value is -3.23. The molecule has 0 aliphatic rings. The predicted octanol–water partition coefficient (Wildman–Crippen LogP) is 4.05. The van der Waals surface area contributed by atoms with E-state index < -0.39 is 40.2 Å².